The zero-order chi connectivity index (χ0) is 26.8. The van der Waals surface area contributed by atoms with Gasteiger partial charge in [0, 0.05) is 33.9 Å². The van der Waals surface area contributed by atoms with Gasteiger partial charge in [-0.25, -0.2) is 12.8 Å². The third-order valence-corrected chi connectivity index (χ3v) is 7.90. The van der Waals surface area contributed by atoms with Gasteiger partial charge in [-0.15, -0.1) is 0 Å². The number of anilines is 1. The Balaban J connectivity index is 1.39. The van der Waals surface area contributed by atoms with E-state index in [0.29, 0.717) is 22.8 Å². The summed E-state index contributed by atoms with van der Waals surface area (Å²) in [6, 6.07) is 18.1. The maximum absolute atomic E-state index is 14.9. The van der Waals surface area contributed by atoms with E-state index in [1.807, 2.05) is 48.9 Å². The molecule has 1 amide bonds. The van der Waals surface area contributed by atoms with Crippen molar-refractivity contribution in [1.82, 2.24) is 4.57 Å². The minimum atomic E-state index is -3.30. The predicted molar refractivity (Wildman–Crippen MR) is 145 cm³/mol. The normalized spacial score (nSPS) is 12.0. The second-order valence-electron chi connectivity index (χ2n) is 9.43. The number of carbonyl (C=O) groups is 1. The molecule has 4 rings (SSSR count). The molecule has 0 saturated heterocycles. The molecule has 0 saturated carbocycles. The van der Waals surface area contributed by atoms with Crippen LogP contribution in [-0.2, 0) is 27.6 Å². The lowest BCUT2D eigenvalue weighted by molar-refractivity contribution is -0.115. The molecule has 4 aromatic rings. The average molecular weight is 543 g/mol. The van der Waals surface area contributed by atoms with Gasteiger partial charge in [0.15, 0.2) is 21.4 Å². The zero-order valence-electron chi connectivity index (χ0n) is 20.8. The number of ether oxygens (including phenoxy) is 1. The van der Waals surface area contributed by atoms with Crippen molar-refractivity contribution in [3.8, 4) is 5.75 Å². The second-order valence-corrected chi connectivity index (χ2v) is 12.1. The van der Waals surface area contributed by atoms with Gasteiger partial charge >= 0.3 is 0 Å². The molecule has 0 unspecified atom stereocenters. The number of carbonyl (C=O) groups excluding carboxylic acids is 1. The smallest absolute Gasteiger partial charge is 0.228 e. The summed E-state index contributed by atoms with van der Waals surface area (Å²) in [6.45, 7) is 5.81. The molecule has 1 heterocycles. The lowest BCUT2D eigenvalue weighted by atomic mass is 10.1. The van der Waals surface area contributed by atoms with E-state index < -0.39 is 21.3 Å². The highest BCUT2D eigenvalue weighted by Gasteiger charge is 2.23. The molecule has 0 radical (unpaired) electrons. The van der Waals surface area contributed by atoms with E-state index in [1.54, 1.807) is 25.1 Å². The van der Waals surface area contributed by atoms with Gasteiger partial charge in [-0.05, 0) is 67.9 Å². The number of benzene rings is 3. The summed E-state index contributed by atoms with van der Waals surface area (Å²) in [5.74, 6) is -0.855. The number of sulfone groups is 1. The molecule has 0 aliphatic heterocycles. The summed E-state index contributed by atoms with van der Waals surface area (Å²) in [6.07, 6.45) is 1.97. The Kier molecular flexibility index (Phi) is 7.62. The molecule has 0 aliphatic carbocycles. The highest BCUT2D eigenvalue weighted by Crippen LogP contribution is 2.28. The van der Waals surface area contributed by atoms with Crippen molar-refractivity contribution in [1.29, 1.82) is 0 Å². The SMILES string of the molecule is CCS(=O)(=O)c1ccc(CC(=O)Nc2ccc(OC(C)(C)Cn3ccc4cc(Cl)ccc43)c(F)c2)cc1. The van der Waals surface area contributed by atoms with E-state index in [2.05, 4.69) is 5.32 Å². The van der Waals surface area contributed by atoms with Crippen LogP contribution >= 0.6 is 11.6 Å². The van der Waals surface area contributed by atoms with Crippen LogP contribution in [0.2, 0.25) is 5.02 Å². The van der Waals surface area contributed by atoms with Crippen molar-refractivity contribution < 1.29 is 22.3 Å². The van der Waals surface area contributed by atoms with Crippen LogP contribution in [0.3, 0.4) is 0 Å². The molecule has 1 N–H and O–H groups in total. The quantitative estimate of drug-likeness (QED) is 0.270. The molecule has 9 heteroatoms. The van der Waals surface area contributed by atoms with Crippen LogP contribution in [0, 0.1) is 5.82 Å². The molecule has 6 nitrogen and oxygen atoms in total. The summed E-state index contributed by atoms with van der Waals surface area (Å²) >= 11 is 6.07. The lowest BCUT2D eigenvalue weighted by Gasteiger charge is -2.28. The summed E-state index contributed by atoms with van der Waals surface area (Å²) in [5, 5.41) is 4.34. The third-order valence-electron chi connectivity index (χ3n) is 5.91. The monoisotopic (exact) mass is 542 g/mol. The van der Waals surface area contributed by atoms with Crippen LogP contribution in [0.25, 0.3) is 10.9 Å². The molecule has 0 spiro atoms. The van der Waals surface area contributed by atoms with Crippen molar-refractivity contribution in [3.05, 3.63) is 89.3 Å². The minimum Gasteiger partial charge on any atom is -0.483 e. The Hall–Kier alpha value is -3.36. The Morgan fingerprint density at radius 1 is 1.05 bits per heavy atom. The van der Waals surface area contributed by atoms with Gasteiger partial charge in [-0.3, -0.25) is 4.79 Å². The van der Waals surface area contributed by atoms with E-state index in [0.717, 1.165) is 10.9 Å². The van der Waals surface area contributed by atoms with E-state index in [9.17, 15) is 17.6 Å². The summed E-state index contributed by atoms with van der Waals surface area (Å²) in [4.78, 5) is 12.7. The molecule has 0 atom stereocenters. The fourth-order valence-electron chi connectivity index (χ4n) is 4.08. The first-order valence-electron chi connectivity index (χ1n) is 11.8. The maximum atomic E-state index is 14.9. The zero-order valence-corrected chi connectivity index (χ0v) is 22.4. The number of halogens is 2. The molecular formula is C28H28ClFN2O4S. The number of nitrogens with one attached hydrogen (secondary N) is 1. The molecule has 194 valence electrons. The fraction of sp³-hybridized carbons (Fsp3) is 0.250. The average Bonchev–Trinajstić information content (AvgIpc) is 3.22. The molecule has 0 fully saturated rings. The van der Waals surface area contributed by atoms with Crippen LogP contribution in [0.1, 0.15) is 26.3 Å². The standard InChI is InChI=1S/C28H28ClFN2O4S/c1-4-37(34,35)23-9-5-19(6-10-23)15-27(33)31-22-8-12-26(24(30)17-22)36-28(2,3)18-32-14-13-20-16-21(29)7-11-25(20)32/h5-14,16-17H,4,15,18H2,1-3H3,(H,31,33). The number of fused-ring (bicyclic) bond motifs is 1. The number of nitrogens with zero attached hydrogens (tertiary/aromatic N) is 1. The van der Waals surface area contributed by atoms with Gasteiger partial charge in [0.2, 0.25) is 5.91 Å². The Labute approximate surface area is 220 Å². The first kappa shape index (κ1) is 26.7. The van der Waals surface area contributed by atoms with E-state index in [4.69, 9.17) is 16.3 Å². The van der Waals surface area contributed by atoms with E-state index in [-0.39, 0.29) is 28.7 Å². The molecule has 37 heavy (non-hydrogen) atoms. The summed E-state index contributed by atoms with van der Waals surface area (Å²) in [7, 11) is -3.30. The van der Waals surface area contributed by atoms with Crippen molar-refractivity contribution in [2.24, 2.45) is 0 Å². The van der Waals surface area contributed by atoms with Gasteiger partial charge in [-0.2, -0.15) is 0 Å². The highest BCUT2D eigenvalue weighted by molar-refractivity contribution is 7.91. The van der Waals surface area contributed by atoms with E-state index >= 15 is 0 Å². The number of rotatable bonds is 9. The third kappa shape index (κ3) is 6.50. The summed E-state index contributed by atoms with van der Waals surface area (Å²) in [5.41, 5.74) is 1.22. The lowest BCUT2D eigenvalue weighted by Crippen LogP contribution is -2.33. The van der Waals surface area contributed by atoms with Gasteiger partial charge in [0.05, 0.1) is 23.6 Å². The Morgan fingerprint density at radius 3 is 2.46 bits per heavy atom. The van der Waals surface area contributed by atoms with Gasteiger partial charge < -0.3 is 14.6 Å². The van der Waals surface area contributed by atoms with Gasteiger partial charge in [0.25, 0.3) is 0 Å². The second kappa shape index (κ2) is 10.6. The predicted octanol–water partition coefficient (Wildman–Crippen LogP) is 6.27. The Bertz CT molecular complexity index is 1550. The van der Waals surface area contributed by atoms with Crippen molar-refractivity contribution >= 4 is 43.9 Å². The summed E-state index contributed by atoms with van der Waals surface area (Å²) < 4.78 is 46.8. The largest absolute Gasteiger partial charge is 0.483 e. The number of hydrogen-bond donors (Lipinski definition) is 1. The first-order chi connectivity index (χ1) is 17.5. The van der Waals surface area contributed by atoms with Crippen LogP contribution in [0.5, 0.6) is 5.75 Å². The first-order valence-corrected chi connectivity index (χ1v) is 13.8. The highest BCUT2D eigenvalue weighted by atomic mass is 35.5. The molecule has 3 aromatic carbocycles. The van der Waals surface area contributed by atoms with Crippen molar-refractivity contribution in [2.75, 3.05) is 11.1 Å². The maximum Gasteiger partial charge on any atom is 0.228 e. The van der Waals surface area contributed by atoms with Crippen LogP contribution in [0.4, 0.5) is 10.1 Å². The van der Waals surface area contributed by atoms with Gasteiger partial charge in [-0.1, -0.05) is 30.7 Å². The number of hydrogen-bond acceptors (Lipinski definition) is 4. The van der Waals surface area contributed by atoms with Crippen LogP contribution in [0.15, 0.2) is 77.8 Å². The van der Waals surface area contributed by atoms with Crippen LogP contribution in [-0.4, -0.2) is 30.2 Å². The number of amides is 1. The van der Waals surface area contributed by atoms with Crippen LogP contribution < -0.4 is 10.1 Å². The number of aromatic nitrogens is 1. The van der Waals surface area contributed by atoms with Gasteiger partial charge in [0.1, 0.15) is 5.60 Å². The minimum absolute atomic E-state index is 0.00781. The topological polar surface area (TPSA) is 77.4 Å². The van der Waals surface area contributed by atoms with E-state index in [1.165, 1.54) is 24.3 Å². The van der Waals surface area contributed by atoms with Crippen molar-refractivity contribution in [3.63, 3.8) is 0 Å². The molecular weight excluding hydrogens is 515 g/mol. The molecule has 0 aliphatic rings. The fourth-order valence-corrected chi connectivity index (χ4v) is 5.15. The molecule has 0 bridgehead atoms. The Morgan fingerprint density at radius 2 is 1.78 bits per heavy atom. The van der Waals surface area contributed by atoms with Crippen molar-refractivity contribution in [2.45, 2.75) is 44.2 Å². The molecule has 1 aromatic heterocycles.